The average Bonchev–Trinajstić information content (AvgIpc) is 2.34. The van der Waals surface area contributed by atoms with Crippen molar-refractivity contribution in [3.05, 3.63) is 10.1 Å². The molecule has 0 aromatic carbocycles. The molecule has 1 unspecified atom stereocenters. The average molecular weight is 296 g/mol. The molecule has 0 radical (unpaired) electrons. The summed E-state index contributed by atoms with van der Waals surface area (Å²) < 4.78 is 4.82. The molecule has 0 rings (SSSR count). The zero-order chi connectivity index (χ0) is 14.7. The van der Waals surface area contributed by atoms with E-state index in [9.17, 15) is 19.7 Å². The first-order valence-corrected chi connectivity index (χ1v) is 6.58. The van der Waals surface area contributed by atoms with Gasteiger partial charge in [0.15, 0.2) is 0 Å². The number of nitrogens with zero attached hydrogens (tertiary/aromatic N) is 1. The normalized spacial score (nSPS) is 11.6. The second-order valence-electron chi connectivity index (χ2n) is 3.37. The van der Waals surface area contributed by atoms with Crippen molar-refractivity contribution in [1.82, 2.24) is 0 Å². The van der Waals surface area contributed by atoms with Gasteiger partial charge in [-0.3, -0.25) is 9.59 Å². The van der Waals surface area contributed by atoms with Crippen LogP contribution < -0.4 is 5.73 Å². The Hall–Kier alpha value is -1.55. The molecule has 9 nitrogen and oxygen atoms in total. The van der Waals surface area contributed by atoms with Crippen molar-refractivity contribution in [1.29, 1.82) is 0 Å². The van der Waals surface area contributed by atoms with Crippen LogP contribution in [-0.2, 0) is 19.2 Å². The Bertz CT molecular complexity index is 313. The van der Waals surface area contributed by atoms with Gasteiger partial charge < -0.3 is 20.4 Å². The smallest absolute Gasteiger partial charge is 0.320 e. The number of aliphatic carboxylic acids is 1. The second kappa shape index (κ2) is 10.4. The number of thioether (sulfide) groups is 1. The predicted molar refractivity (Wildman–Crippen MR) is 66.1 cm³/mol. The lowest BCUT2D eigenvalue weighted by Crippen LogP contribution is -2.30. The van der Waals surface area contributed by atoms with E-state index in [1.807, 2.05) is 0 Å². The fourth-order valence-electron chi connectivity index (χ4n) is 0.956. The van der Waals surface area contributed by atoms with E-state index in [4.69, 9.17) is 15.6 Å². The molecule has 3 N–H and O–H groups in total. The maximum absolute atomic E-state index is 11.2. The summed E-state index contributed by atoms with van der Waals surface area (Å²) >= 11 is 1.34. The highest BCUT2D eigenvalue weighted by Gasteiger charge is 2.13. The Morgan fingerprint density at radius 3 is 2.58 bits per heavy atom. The molecule has 0 aromatic heterocycles. The number of hydrogen-bond donors (Lipinski definition) is 2. The van der Waals surface area contributed by atoms with Gasteiger partial charge in [-0.05, 0) is 6.42 Å². The van der Waals surface area contributed by atoms with Gasteiger partial charge in [-0.15, -0.1) is 10.1 Å². The number of ether oxygens (including phenoxy) is 1. The third kappa shape index (κ3) is 11.3. The van der Waals surface area contributed by atoms with Crippen LogP contribution in [0.1, 0.15) is 12.8 Å². The quantitative estimate of drug-likeness (QED) is 0.226. The van der Waals surface area contributed by atoms with E-state index in [-0.39, 0.29) is 26.1 Å². The van der Waals surface area contributed by atoms with Gasteiger partial charge in [0.1, 0.15) is 19.3 Å². The van der Waals surface area contributed by atoms with Gasteiger partial charge in [0.2, 0.25) is 0 Å². The highest BCUT2D eigenvalue weighted by molar-refractivity contribution is 7.99. The van der Waals surface area contributed by atoms with Crippen LogP contribution in [0.15, 0.2) is 0 Å². The number of nitrogens with two attached hydrogens (primary N) is 1. The molecule has 0 bridgehead atoms. The number of esters is 1. The molecule has 0 aliphatic rings. The number of carboxylic acids is 1. The number of hydrogen-bond acceptors (Lipinski definition) is 8. The number of carbonyl (C=O) groups excluding carboxylic acids is 1. The summed E-state index contributed by atoms with van der Waals surface area (Å²) in [4.78, 5) is 35.4. The van der Waals surface area contributed by atoms with Gasteiger partial charge in [-0.25, -0.2) is 0 Å². The van der Waals surface area contributed by atoms with E-state index >= 15 is 0 Å². The van der Waals surface area contributed by atoms with Crippen molar-refractivity contribution in [2.45, 2.75) is 18.9 Å². The first-order chi connectivity index (χ1) is 8.93. The zero-order valence-corrected chi connectivity index (χ0v) is 11.0. The van der Waals surface area contributed by atoms with Crippen LogP contribution in [0.5, 0.6) is 0 Å². The Kier molecular flexibility index (Phi) is 9.53. The van der Waals surface area contributed by atoms with Gasteiger partial charge in [0.05, 0.1) is 0 Å². The molecular formula is C9H16N2O7S. The molecule has 0 aliphatic carbocycles. The Morgan fingerprint density at radius 1 is 1.37 bits per heavy atom. The monoisotopic (exact) mass is 296 g/mol. The van der Waals surface area contributed by atoms with E-state index < -0.39 is 23.1 Å². The standard InChI is InChI=1S/C9H16N2O7S/c10-7(9(13)14)1-2-8(12)17-3-5-19-6-4-18-11(15)16/h7H,1-6,10H2,(H,13,14). The molecule has 0 spiro atoms. The summed E-state index contributed by atoms with van der Waals surface area (Å²) in [6, 6.07) is -1.07. The first-order valence-electron chi connectivity index (χ1n) is 5.42. The third-order valence-corrected chi connectivity index (χ3v) is 2.80. The molecule has 0 heterocycles. The summed E-state index contributed by atoms with van der Waals surface area (Å²) in [5.41, 5.74) is 5.22. The van der Waals surface area contributed by atoms with Gasteiger partial charge in [-0.1, -0.05) is 0 Å². The van der Waals surface area contributed by atoms with Crippen molar-refractivity contribution < 1.29 is 29.4 Å². The van der Waals surface area contributed by atoms with Gasteiger partial charge in [0.25, 0.3) is 5.09 Å². The molecule has 110 valence electrons. The van der Waals surface area contributed by atoms with E-state index in [0.717, 1.165) is 0 Å². The molecule has 0 amide bonds. The van der Waals surface area contributed by atoms with Gasteiger partial charge in [-0.2, -0.15) is 11.8 Å². The molecule has 0 saturated heterocycles. The van der Waals surface area contributed by atoms with E-state index in [1.54, 1.807) is 0 Å². The predicted octanol–water partition coefficient (Wildman–Crippen LogP) is -0.337. The summed E-state index contributed by atoms with van der Waals surface area (Å²) in [5, 5.41) is 17.4. The van der Waals surface area contributed by atoms with Crippen LogP contribution >= 0.6 is 11.8 Å². The molecule has 10 heteroatoms. The van der Waals surface area contributed by atoms with Crippen molar-refractivity contribution in [3.63, 3.8) is 0 Å². The molecule has 19 heavy (non-hydrogen) atoms. The fraction of sp³-hybridized carbons (Fsp3) is 0.778. The van der Waals surface area contributed by atoms with Crippen molar-refractivity contribution in [2.24, 2.45) is 5.73 Å². The minimum atomic E-state index is -1.16. The third-order valence-electron chi connectivity index (χ3n) is 1.89. The lowest BCUT2D eigenvalue weighted by molar-refractivity contribution is -0.756. The number of rotatable bonds is 11. The summed E-state index contributed by atoms with van der Waals surface area (Å²) in [6.07, 6.45) is -0.0272. The van der Waals surface area contributed by atoms with Crippen molar-refractivity contribution in [2.75, 3.05) is 24.7 Å². The fourth-order valence-corrected chi connectivity index (χ4v) is 1.55. The van der Waals surface area contributed by atoms with Crippen molar-refractivity contribution >= 4 is 23.7 Å². The molecular weight excluding hydrogens is 280 g/mol. The van der Waals surface area contributed by atoms with Crippen LogP contribution in [0.25, 0.3) is 0 Å². The first kappa shape index (κ1) is 17.4. The topological polar surface area (TPSA) is 142 Å². The van der Waals surface area contributed by atoms with Gasteiger partial charge >= 0.3 is 11.9 Å². The molecule has 0 aromatic rings. The maximum Gasteiger partial charge on any atom is 0.320 e. The minimum absolute atomic E-state index is 0.0148. The summed E-state index contributed by atoms with van der Waals surface area (Å²) in [6.45, 7) is 0.142. The molecule has 0 aliphatic heterocycles. The number of carbonyl (C=O) groups is 2. The molecule has 0 saturated carbocycles. The van der Waals surface area contributed by atoms with Crippen LogP contribution in [0.3, 0.4) is 0 Å². The SMILES string of the molecule is NC(CCC(=O)OCCSCCO[N+](=O)[O-])C(=O)O. The largest absolute Gasteiger partial charge is 0.480 e. The minimum Gasteiger partial charge on any atom is -0.480 e. The van der Waals surface area contributed by atoms with Gasteiger partial charge in [0, 0.05) is 17.9 Å². The number of carboxylic acid groups (broad SMARTS) is 1. The molecule has 1 atom stereocenters. The Balaban J connectivity index is 3.39. The molecule has 0 fully saturated rings. The lowest BCUT2D eigenvalue weighted by Gasteiger charge is -2.06. The highest BCUT2D eigenvalue weighted by Crippen LogP contribution is 2.02. The lowest BCUT2D eigenvalue weighted by atomic mass is 10.2. The van der Waals surface area contributed by atoms with Crippen LogP contribution in [0.4, 0.5) is 0 Å². The summed E-state index contributed by atoms with van der Waals surface area (Å²) in [7, 11) is 0. The van der Waals surface area contributed by atoms with E-state index in [2.05, 4.69) is 4.84 Å². The summed E-state index contributed by atoms with van der Waals surface area (Å²) in [5.74, 6) is -0.770. The van der Waals surface area contributed by atoms with E-state index in [0.29, 0.717) is 11.5 Å². The van der Waals surface area contributed by atoms with Crippen LogP contribution in [0, 0.1) is 10.1 Å². The van der Waals surface area contributed by atoms with E-state index in [1.165, 1.54) is 11.8 Å². The van der Waals surface area contributed by atoms with Crippen molar-refractivity contribution in [3.8, 4) is 0 Å². The Morgan fingerprint density at radius 2 is 2.00 bits per heavy atom. The Labute approximate surface area is 113 Å². The zero-order valence-electron chi connectivity index (χ0n) is 10.1. The van der Waals surface area contributed by atoms with Crippen LogP contribution in [0.2, 0.25) is 0 Å². The van der Waals surface area contributed by atoms with Crippen LogP contribution in [-0.4, -0.2) is 52.9 Å². The maximum atomic E-state index is 11.2. The highest BCUT2D eigenvalue weighted by atomic mass is 32.2. The second-order valence-corrected chi connectivity index (χ2v) is 4.60.